The van der Waals surface area contributed by atoms with Crippen LogP contribution in [0.15, 0.2) is 30.3 Å². The summed E-state index contributed by atoms with van der Waals surface area (Å²) < 4.78 is 11.6. The van der Waals surface area contributed by atoms with Gasteiger partial charge in [0.15, 0.2) is 0 Å². The van der Waals surface area contributed by atoms with Crippen LogP contribution in [0.1, 0.15) is 32.3 Å². The smallest absolute Gasteiger partial charge is 0.0717 e. The molecule has 1 aromatic carbocycles. The Hall–Kier alpha value is -0.900. The third kappa shape index (κ3) is 4.30. The Balaban J connectivity index is 1.80. The van der Waals surface area contributed by atoms with Crippen molar-refractivity contribution in [2.24, 2.45) is 5.41 Å². The standard InChI is InChI=1S/C16H24O3/c1-16(2,15-10-14(17)8-9-19-15)12-18-11-13-6-4-3-5-7-13/h3-7,14-15,17H,8-12H2,1-2H3/t14-,15-/m1/s1. The summed E-state index contributed by atoms with van der Waals surface area (Å²) in [7, 11) is 0. The molecule has 0 aliphatic carbocycles. The van der Waals surface area contributed by atoms with Gasteiger partial charge in [-0.3, -0.25) is 0 Å². The van der Waals surface area contributed by atoms with Gasteiger partial charge in [-0.25, -0.2) is 0 Å². The summed E-state index contributed by atoms with van der Waals surface area (Å²) in [5, 5.41) is 9.73. The maximum atomic E-state index is 9.73. The van der Waals surface area contributed by atoms with E-state index in [1.807, 2.05) is 18.2 Å². The van der Waals surface area contributed by atoms with Crippen LogP contribution in [-0.4, -0.2) is 30.5 Å². The van der Waals surface area contributed by atoms with E-state index in [9.17, 15) is 5.11 Å². The molecule has 2 atom stereocenters. The first-order valence-electron chi connectivity index (χ1n) is 6.99. The number of ether oxygens (including phenoxy) is 2. The average Bonchev–Trinajstić information content (AvgIpc) is 2.40. The predicted molar refractivity (Wildman–Crippen MR) is 74.9 cm³/mol. The van der Waals surface area contributed by atoms with Gasteiger partial charge < -0.3 is 14.6 Å². The monoisotopic (exact) mass is 264 g/mol. The lowest BCUT2D eigenvalue weighted by Gasteiger charge is -2.38. The summed E-state index contributed by atoms with van der Waals surface area (Å²) >= 11 is 0. The zero-order valence-corrected chi connectivity index (χ0v) is 11.8. The molecular formula is C16H24O3. The molecule has 1 fully saturated rings. The second-order valence-corrected chi connectivity index (χ2v) is 6.00. The molecule has 3 nitrogen and oxygen atoms in total. The van der Waals surface area contributed by atoms with E-state index in [1.54, 1.807) is 0 Å². The van der Waals surface area contributed by atoms with Gasteiger partial charge in [0.05, 0.1) is 25.4 Å². The Bertz CT molecular complexity index is 375. The number of benzene rings is 1. The van der Waals surface area contributed by atoms with Crippen molar-refractivity contribution < 1.29 is 14.6 Å². The van der Waals surface area contributed by atoms with Crippen molar-refractivity contribution in [2.45, 2.75) is 45.5 Å². The highest BCUT2D eigenvalue weighted by molar-refractivity contribution is 5.13. The number of aliphatic hydroxyl groups is 1. The van der Waals surface area contributed by atoms with E-state index in [-0.39, 0.29) is 17.6 Å². The van der Waals surface area contributed by atoms with Crippen LogP contribution in [0.3, 0.4) is 0 Å². The molecule has 1 aliphatic rings. The van der Waals surface area contributed by atoms with Crippen molar-refractivity contribution in [2.75, 3.05) is 13.2 Å². The van der Waals surface area contributed by atoms with Crippen molar-refractivity contribution >= 4 is 0 Å². The highest BCUT2D eigenvalue weighted by Gasteiger charge is 2.34. The topological polar surface area (TPSA) is 38.7 Å². The molecule has 0 unspecified atom stereocenters. The van der Waals surface area contributed by atoms with E-state index in [4.69, 9.17) is 9.47 Å². The molecule has 1 saturated heterocycles. The fourth-order valence-corrected chi connectivity index (χ4v) is 2.42. The van der Waals surface area contributed by atoms with Crippen molar-refractivity contribution in [1.29, 1.82) is 0 Å². The molecule has 19 heavy (non-hydrogen) atoms. The molecule has 1 heterocycles. The van der Waals surface area contributed by atoms with Gasteiger partial charge in [-0.15, -0.1) is 0 Å². The summed E-state index contributed by atoms with van der Waals surface area (Å²) in [4.78, 5) is 0. The van der Waals surface area contributed by atoms with E-state index in [2.05, 4.69) is 26.0 Å². The van der Waals surface area contributed by atoms with Gasteiger partial charge >= 0.3 is 0 Å². The molecule has 1 aliphatic heterocycles. The summed E-state index contributed by atoms with van der Waals surface area (Å²) in [6.45, 7) is 6.19. The van der Waals surface area contributed by atoms with Crippen molar-refractivity contribution in [3.63, 3.8) is 0 Å². The number of hydrogen-bond donors (Lipinski definition) is 1. The number of rotatable bonds is 5. The molecule has 3 heteroatoms. The first-order chi connectivity index (χ1) is 9.08. The fourth-order valence-electron chi connectivity index (χ4n) is 2.42. The quantitative estimate of drug-likeness (QED) is 0.888. The van der Waals surface area contributed by atoms with Gasteiger partial charge in [0.25, 0.3) is 0 Å². The summed E-state index contributed by atoms with van der Waals surface area (Å²) in [5.74, 6) is 0. The third-order valence-electron chi connectivity index (χ3n) is 3.71. The van der Waals surface area contributed by atoms with E-state index in [1.165, 1.54) is 5.56 Å². The molecule has 1 N–H and O–H groups in total. The van der Waals surface area contributed by atoms with Crippen LogP contribution in [0.2, 0.25) is 0 Å². The maximum Gasteiger partial charge on any atom is 0.0717 e. The van der Waals surface area contributed by atoms with Crippen LogP contribution in [-0.2, 0) is 16.1 Å². The van der Waals surface area contributed by atoms with E-state index >= 15 is 0 Å². The molecular weight excluding hydrogens is 240 g/mol. The van der Waals surface area contributed by atoms with Gasteiger partial charge in [0.1, 0.15) is 0 Å². The molecule has 0 spiro atoms. The third-order valence-corrected chi connectivity index (χ3v) is 3.71. The van der Waals surface area contributed by atoms with E-state index in [0.29, 0.717) is 26.2 Å². The molecule has 0 bridgehead atoms. The molecule has 0 amide bonds. The molecule has 0 aromatic heterocycles. The lowest BCUT2D eigenvalue weighted by Crippen LogP contribution is -2.42. The minimum Gasteiger partial charge on any atom is -0.393 e. The first-order valence-corrected chi connectivity index (χ1v) is 6.99. The van der Waals surface area contributed by atoms with Crippen LogP contribution >= 0.6 is 0 Å². The molecule has 2 rings (SSSR count). The lowest BCUT2D eigenvalue weighted by molar-refractivity contribution is -0.117. The summed E-state index contributed by atoms with van der Waals surface area (Å²) in [5.41, 5.74) is 1.11. The molecule has 0 radical (unpaired) electrons. The zero-order valence-electron chi connectivity index (χ0n) is 11.8. The van der Waals surface area contributed by atoms with Gasteiger partial charge in [0.2, 0.25) is 0 Å². The summed E-state index contributed by atoms with van der Waals surface area (Å²) in [6.07, 6.45) is 1.30. The number of hydrogen-bond acceptors (Lipinski definition) is 3. The Morgan fingerprint density at radius 3 is 2.74 bits per heavy atom. The highest BCUT2D eigenvalue weighted by atomic mass is 16.5. The molecule has 1 aromatic rings. The van der Waals surface area contributed by atoms with Crippen LogP contribution in [0.25, 0.3) is 0 Å². The maximum absolute atomic E-state index is 9.73. The van der Waals surface area contributed by atoms with E-state index < -0.39 is 0 Å². The Morgan fingerprint density at radius 1 is 1.32 bits per heavy atom. The van der Waals surface area contributed by atoms with E-state index in [0.717, 1.165) is 6.42 Å². The Morgan fingerprint density at radius 2 is 2.05 bits per heavy atom. The Kier molecular flexibility index (Phi) is 4.97. The normalized spacial score (nSPS) is 24.4. The summed E-state index contributed by atoms with van der Waals surface area (Å²) in [6, 6.07) is 10.2. The van der Waals surface area contributed by atoms with Crippen LogP contribution in [0.4, 0.5) is 0 Å². The predicted octanol–water partition coefficient (Wildman–Crippen LogP) is 2.77. The van der Waals surface area contributed by atoms with Gasteiger partial charge in [0, 0.05) is 18.4 Å². The van der Waals surface area contributed by atoms with Crippen LogP contribution in [0.5, 0.6) is 0 Å². The SMILES string of the molecule is CC(C)(COCc1ccccc1)[C@H]1C[C@H](O)CCO1. The first kappa shape index (κ1) is 14.5. The largest absolute Gasteiger partial charge is 0.393 e. The lowest BCUT2D eigenvalue weighted by atomic mass is 9.83. The van der Waals surface area contributed by atoms with Crippen LogP contribution in [0, 0.1) is 5.41 Å². The average molecular weight is 264 g/mol. The second kappa shape index (κ2) is 6.51. The van der Waals surface area contributed by atoms with Gasteiger partial charge in [-0.2, -0.15) is 0 Å². The minimum absolute atomic E-state index is 0.0732. The Labute approximate surface area is 115 Å². The van der Waals surface area contributed by atoms with Crippen molar-refractivity contribution in [1.82, 2.24) is 0 Å². The highest BCUT2D eigenvalue weighted by Crippen LogP contribution is 2.31. The fraction of sp³-hybridized carbons (Fsp3) is 0.625. The van der Waals surface area contributed by atoms with Crippen LogP contribution < -0.4 is 0 Å². The second-order valence-electron chi connectivity index (χ2n) is 6.00. The van der Waals surface area contributed by atoms with Crippen molar-refractivity contribution in [3.8, 4) is 0 Å². The zero-order chi connectivity index (χ0) is 13.7. The van der Waals surface area contributed by atoms with Gasteiger partial charge in [-0.1, -0.05) is 44.2 Å². The van der Waals surface area contributed by atoms with Crippen molar-refractivity contribution in [3.05, 3.63) is 35.9 Å². The number of aliphatic hydroxyl groups excluding tert-OH is 1. The minimum atomic E-state index is -0.229. The molecule has 0 saturated carbocycles. The van der Waals surface area contributed by atoms with Gasteiger partial charge in [-0.05, 0) is 12.0 Å². The molecule has 106 valence electrons.